The molecule has 0 aliphatic rings. The first kappa shape index (κ1) is 11.9. The number of aryl methyl sites for hydroxylation is 1. The van der Waals surface area contributed by atoms with Gasteiger partial charge in [0.1, 0.15) is 0 Å². The molecule has 0 amide bonds. The molecule has 3 rings (SSSR count). The minimum Gasteiger partial charge on any atom is -0.388 e. The predicted molar refractivity (Wildman–Crippen MR) is 75.8 cm³/mol. The molecule has 1 atom stereocenters. The lowest BCUT2D eigenvalue weighted by molar-refractivity contribution is 0.179. The van der Waals surface area contributed by atoms with Crippen LogP contribution in [0.4, 0.5) is 0 Å². The molecule has 1 heterocycles. The van der Waals surface area contributed by atoms with Gasteiger partial charge in [0.2, 0.25) is 0 Å². The monoisotopic (exact) mass is 252 g/mol. The van der Waals surface area contributed by atoms with Crippen molar-refractivity contribution in [2.45, 2.75) is 12.5 Å². The summed E-state index contributed by atoms with van der Waals surface area (Å²) in [5.74, 6) is 0. The van der Waals surface area contributed by atoms with Crippen LogP contribution in [0.2, 0.25) is 0 Å². The summed E-state index contributed by atoms with van der Waals surface area (Å²) >= 11 is 0. The summed E-state index contributed by atoms with van der Waals surface area (Å²) in [4.78, 5) is 0. The molecule has 0 saturated heterocycles. The molecule has 1 aromatic heterocycles. The molecule has 0 aliphatic carbocycles. The van der Waals surface area contributed by atoms with Crippen LogP contribution in [0.25, 0.3) is 10.8 Å². The Morgan fingerprint density at radius 3 is 2.74 bits per heavy atom. The molecule has 3 nitrogen and oxygen atoms in total. The number of benzene rings is 2. The molecule has 2 aromatic carbocycles. The lowest BCUT2D eigenvalue weighted by atomic mass is 9.98. The molecule has 0 aliphatic heterocycles. The second-order valence-corrected chi connectivity index (χ2v) is 4.81. The zero-order valence-corrected chi connectivity index (χ0v) is 10.8. The Morgan fingerprint density at radius 1 is 1.16 bits per heavy atom. The average Bonchev–Trinajstić information content (AvgIpc) is 2.86. The first-order valence-electron chi connectivity index (χ1n) is 6.37. The van der Waals surface area contributed by atoms with Gasteiger partial charge in [-0.2, -0.15) is 5.10 Å². The molecule has 0 radical (unpaired) electrons. The summed E-state index contributed by atoms with van der Waals surface area (Å²) in [5.41, 5.74) is 2.02. The zero-order valence-electron chi connectivity index (χ0n) is 10.8. The maximum atomic E-state index is 10.3. The van der Waals surface area contributed by atoms with Crippen molar-refractivity contribution >= 4 is 10.8 Å². The van der Waals surface area contributed by atoms with E-state index < -0.39 is 6.10 Å². The molecule has 1 N–H and O–H groups in total. The topological polar surface area (TPSA) is 38.0 Å². The maximum Gasteiger partial charge on any atom is 0.0861 e. The third kappa shape index (κ3) is 2.37. The molecular weight excluding hydrogens is 236 g/mol. The summed E-state index contributed by atoms with van der Waals surface area (Å²) in [5, 5.41) is 16.8. The van der Waals surface area contributed by atoms with Crippen molar-refractivity contribution in [1.29, 1.82) is 0 Å². The van der Waals surface area contributed by atoms with Gasteiger partial charge in [-0.1, -0.05) is 42.5 Å². The van der Waals surface area contributed by atoms with Crippen LogP contribution in [0.15, 0.2) is 54.9 Å². The zero-order chi connectivity index (χ0) is 13.2. The van der Waals surface area contributed by atoms with Crippen molar-refractivity contribution in [1.82, 2.24) is 9.78 Å². The normalized spacial score (nSPS) is 12.7. The van der Waals surface area contributed by atoms with Gasteiger partial charge in [-0.15, -0.1) is 0 Å². The number of nitrogens with zero attached hydrogens (tertiary/aromatic N) is 2. The van der Waals surface area contributed by atoms with E-state index in [1.54, 1.807) is 10.9 Å². The van der Waals surface area contributed by atoms with Crippen LogP contribution in [-0.2, 0) is 13.5 Å². The summed E-state index contributed by atoms with van der Waals surface area (Å²) in [6.45, 7) is 0. The van der Waals surface area contributed by atoms with E-state index in [4.69, 9.17) is 0 Å². The highest BCUT2D eigenvalue weighted by molar-refractivity contribution is 5.85. The van der Waals surface area contributed by atoms with Gasteiger partial charge in [0.25, 0.3) is 0 Å². The Hall–Kier alpha value is -2.13. The lowest BCUT2D eigenvalue weighted by Gasteiger charge is -2.11. The SMILES string of the molecule is Cn1cc(C(O)Cc2cccc3ccccc23)cn1. The maximum absolute atomic E-state index is 10.3. The van der Waals surface area contributed by atoms with E-state index >= 15 is 0 Å². The fourth-order valence-corrected chi connectivity index (χ4v) is 2.41. The molecule has 0 bridgehead atoms. The third-order valence-electron chi connectivity index (χ3n) is 3.40. The Morgan fingerprint density at radius 2 is 1.95 bits per heavy atom. The molecular formula is C16H16N2O. The van der Waals surface area contributed by atoms with E-state index in [-0.39, 0.29) is 0 Å². The lowest BCUT2D eigenvalue weighted by Crippen LogP contribution is -2.01. The standard InChI is InChI=1S/C16H16N2O/c1-18-11-14(10-17-18)16(19)9-13-7-4-6-12-5-2-3-8-15(12)13/h2-8,10-11,16,19H,9H2,1H3. The molecule has 0 spiro atoms. The summed E-state index contributed by atoms with van der Waals surface area (Å²) in [6, 6.07) is 14.5. The Balaban J connectivity index is 1.93. The van der Waals surface area contributed by atoms with Gasteiger partial charge in [0.15, 0.2) is 0 Å². The van der Waals surface area contributed by atoms with Gasteiger partial charge in [-0.3, -0.25) is 4.68 Å². The second kappa shape index (κ2) is 4.86. The summed E-state index contributed by atoms with van der Waals surface area (Å²) in [7, 11) is 1.86. The minimum absolute atomic E-state index is 0.514. The van der Waals surface area contributed by atoms with Crippen LogP contribution in [0.1, 0.15) is 17.2 Å². The first-order valence-corrected chi connectivity index (χ1v) is 6.37. The number of aromatic nitrogens is 2. The van der Waals surface area contributed by atoms with Crippen molar-refractivity contribution in [3.63, 3.8) is 0 Å². The van der Waals surface area contributed by atoms with Crippen molar-refractivity contribution in [2.75, 3.05) is 0 Å². The molecule has 96 valence electrons. The number of rotatable bonds is 3. The Labute approximate surface area is 112 Å². The van der Waals surface area contributed by atoms with Crippen LogP contribution < -0.4 is 0 Å². The fraction of sp³-hybridized carbons (Fsp3) is 0.188. The molecule has 19 heavy (non-hydrogen) atoms. The molecule has 1 unspecified atom stereocenters. The smallest absolute Gasteiger partial charge is 0.0861 e. The summed E-state index contributed by atoms with van der Waals surface area (Å²) < 4.78 is 1.71. The fourth-order valence-electron chi connectivity index (χ4n) is 2.41. The number of aliphatic hydroxyl groups is 1. The third-order valence-corrected chi connectivity index (χ3v) is 3.40. The van der Waals surface area contributed by atoms with E-state index in [0.717, 1.165) is 11.1 Å². The first-order chi connectivity index (χ1) is 9.24. The predicted octanol–water partition coefficient (Wildman–Crippen LogP) is 2.85. The van der Waals surface area contributed by atoms with Crippen molar-refractivity contribution < 1.29 is 5.11 Å². The van der Waals surface area contributed by atoms with E-state index in [0.29, 0.717) is 6.42 Å². The van der Waals surface area contributed by atoms with Crippen LogP contribution in [0.5, 0.6) is 0 Å². The Bertz CT molecular complexity index is 697. The van der Waals surface area contributed by atoms with E-state index in [1.807, 2.05) is 31.4 Å². The molecule has 0 fully saturated rings. The largest absolute Gasteiger partial charge is 0.388 e. The van der Waals surface area contributed by atoms with Gasteiger partial charge >= 0.3 is 0 Å². The molecule has 3 aromatic rings. The van der Waals surface area contributed by atoms with Crippen LogP contribution in [0, 0.1) is 0 Å². The average molecular weight is 252 g/mol. The summed E-state index contributed by atoms with van der Waals surface area (Å²) in [6.07, 6.45) is 3.66. The van der Waals surface area contributed by atoms with Gasteiger partial charge in [-0.25, -0.2) is 0 Å². The van der Waals surface area contributed by atoms with Gasteiger partial charge in [0, 0.05) is 25.2 Å². The highest BCUT2D eigenvalue weighted by Crippen LogP contribution is 2.24. The number of hydrogen-bond acceptors (Lipinski definition) is 2. The van der Waals surface area contributed by atoms with Crippen LogP contribution in [0.3, 0.4) is 0 Å². The number of hydrogen-bond donors (Lipinski definition) is 1. The number of aliphatic hydroxyl groups excluding tert-OH is 1. The van der Waals surface area contributed by atoms with Crippen LogP contribution >= 0.6 is 0 Å². The minimum atomic E-state index is -0.514. The quantitative estimate of drug-likeness (QED) is 0.778. The van der Waals surface area contributed by atoms with Crippen molar-refractivity contribution in [3.8, 4) is 0 Å². The highest BCUT2D eigenvalue weighted by atomic mass is 16.3. The van der Waals surface area contributed by atoms with Crippen molar-refractivity contribution in [2.24, 2.45) is 7.05 Å². The van der Waals surface area contributed by atoms with E-state index in [9.17, 15) is 5.11 Å². The Kier molecular flexibility index (Phi) is 3.05. The van der Waals surface area contributed by atoms with Crippen LogP contribution in [-0.4, -0.2) is 14.9 Å². The molecule has 0 saturated carbocycles. The van der Waals surface area contributed by atoms with Gasteiger partial charge in [0.05, 0.1) is 12.3 Å². The van der Waals surface area contributed by atoms with E-state index in [1.165, 1.54) is 10.8 Å². The number of fused-ring (bicyclic) bond motifs is 1. The van der Waals surface area contributed by atoms with Gasteiger partial charge in [-0.05, 0) is 16.3 Å². The highest BCUT2D eigenvalue weighted by Gasteiger charge is 2.12. The van der Waals surface area contributed by atoms with Crippen molar-refractivity contribution in [3.05, 3.63) is 66.0 Å². The molecule has 3 heteroatoms. The van der Waals surface area contributed by atoms with E-state index in [2.05, 4.69) is 29.4 Å². The van der Waals surface area contributed by atoms with Gasteiger partial charge < -0.3 is 5.11 Å². The second-order valence-electron chi connectivity index (χ2n) is 4.81.